The number of halogens is 3. The minimum absolute atomic E-state index is 0.0225. The van der Waals surface area contributed by atoms with E-state index in [1.54, 1.807) is 6.07 Å². The number of thiophene rings is 1. The van der Waals surface area contributed by atoms with Crippen molar-refractivity contribution in [1.82, 2.24) is 9.97 Å². The third-order valence-electron chi connectivity index (χ3n) is 3.56. The Bertz CT molecular complexity index is 913. The molecule has 26 heavy (non-hydrogen) atoms. The number of anilines is 2. The van der Waals surface area contributed by atoms with E-state index in [4.69, 9.17) is 0 Å². The Balaban J connectivity index is 1.91. The highest BCUT2D eigenvalue weighted by Crippen LogP contribution is 2.33. The van der Waals surface area contributed by atoms with E-state index >= 15 is 0 Å². The molecule has 0 saturated carbocycles. The molecule has 2 heterocycles. The second kappa shape index (κ2) is 6.75. The van der Waals surface area contributed by atoms with Crippen LogP contribution in [0.1, 0.15) is 31.9 Å². The number of hydrogen-bond acceptors (Lipinski definition) is 5. The molecule has 8 heteroatoms. The summed E-state index contributed by atoms with van der Waals surface area (Å²) in [7, 11) is 0. The van der Waals surface area contributed by atoms with Crippen molar-refractivity contribution < 1.29 is 13.2 Å². The van der Waals surface area contributed by atoms with Gasteiger partial charge >= 0.3 is 6.18 Å². The first-order chi connectivity index (χ1) is 12.1. The van der Waals surface area contributed by atoms with Crippen LogP contribution in [0.2, 0.25) is 0 Å². The Hall–Kier alpha value is -2.35. The molecule has 4 nitrogen and oxygen atoms in total. The number of nitrogens with zero attached hydrogens (tertiary/aromatic N) is 2. The molecule has 0 aliphatic heterocycles. The molecule has 0 aliphatic rings. The number of aromatic nitrogens is 2. The van der Waals surface area contributed by atoms with E-state index in [-0.39, 0.29) is 17.6 Å². The maximum atomic E-state index is 13.2. The molecular formula is C18H19F3N4S. The lowest BCUT2D eigenvalue weighted by Gasteiger charge is -2.21. The van der Waals surface area contributed by atoms with Crippen LogP contribution in [0.4, 0.5) is 24.9 Å². The van der Waals surface area contributed by atoms with Crippen LogP contribution in [-0.2, 0) is 12.7 Å². The van der Waals surface area contributed by atoms with Gasteiger partial charge in [0, 0.05) is 12.1 Å². The Kier molecular flexibility index (Phi) is 4.79. The minimum atomic E-state index is -4.39. The van der Waals surface area contributed by atoms with Crippen LogP contribution < -0.4 is 10.6 Å². The number of fused-ring (bicyclic) bond motifs is 1. The van der Waals surface area contributed by atoms with Crippen LogP contribution in [0.3, 0.4) is 0 Å². The number of alkyl halides is 3. The maximum absolute atomic E-state index is 13.2. The predicted octanol–water partition coefficient (Wildman–Crippen LogP) is 5.53. The molecule has 3 rings (SSSR count). The fourth-order valence-electron chi connectivity index (χ4n) is 2.50. The van der Waals surface area contributed by atoms with Gasteiger partial charge in [-0.15, -0.1) is 11.3 Å². The monoisotopic (exact) mass is 380 g/mol. The van der Waals surface area contributed by atoms with Gasteiger partial charge in [0.15, 0.2) is 0 Å². The second-order valence-electron chi connectivity index (χ2n) is 6.91. The van der Waals surface area contributed by atoms with Gasteiger partial charge in [-0.1, -0.05) is 18.2 Å². The summed E-state index contributed by atoms with van der Waals surface area (Å²) in [6.07, 6.45) is -4.39. The van der Waals surface area contributed by atoms with Crippen molar-refractivity contribution in [1.29, 1.82) is 0 Å². The van der Waals surface area contributed by atoms with Crippen molar-refractivity contribution in [2.45, 2.75) is 39.0 Å². The van der Waals surface area contributed by atoms with E-state index < -0.39 is 11.7 Å². The summed E-state index contributed by atoms with van der Waals surface area (Å²) >= 11 is 1.45. The van der Waals surface area contributed by atoms with Crippen molar-refractivity contribution in [2.24, 2.45) is 0 Å². The predicted molar refractivity (Wildman–Crippen MR) is 99.6 cm³/mol. The van der Waals surface area contributed by atoms with Crippen molar-refractivity contribution in [3.8, 4) is 0 Å². The third-order valence-corrected chi connectivity index (χ3v) is 4.47. The molecule has 0 spiro atoms. The van der Waals surface area contributed by atoms with Crippen molar-refractivity contribution in [3.05, 3.63) is 46.8 Å². The molecule has 0 amide bonds. The average Bonchev–Trinajstić information content (AvgIpc) is 2.99. The molecule has 0 bridgehead atoms. The fourth-order valence-corrected chi connectivity index (χ4v) is 3.30. The molecule has 0 radical (unpaired) electrons. The summed E-state index contributed by atoms with van der Waals surface area (Å²) in [5.74, 6) is 0.962. The summed E-state index contributed by atoms with van der Waals surface area (Å²) < 4.78 is 40.3. The molecule has 0 fully saturated rings. The van der Waals surface area contributed by atoms with Gasteiger partial charge in [-0.2, -0.15) is 18.2 Å². The van der Waals surface area contributed by atoms with Crippen molar-refractivity contribution in [2.75, 3.05) is 10.6 Å². The van der Waals surface area contributed by atoms with E-state index in [9.17, 15) is 13.2 Å². The molecule has 1 aromatic carbocycles. The third kappa shape index (κ3) is 4.24. The zero-order valence-electron chi connectivity index (χ0n) is 14.6. The molecule has 138 valence electrons. The quantitative estimate of drug-likeness (QED) is 0.625. The van der Waals surface area contributed by atoms with Crippen molar-refractivity contribution >= 4 is 33.3 Å². The summed E-state index contributed by atoms with van der Waals surface area (Å²) in [5, 5.41) is 8.13. The Morgan fingerprint density at radius 2 is 1.77 bits per heavy atom. The lowest BCUT2D eigenvalue weighted by Crippen LogP contribution is -2.27. The normalized spacial score (nSPS) is 12.4. The zero-order valence-corrected chi connectivity index (χ0v) is 15.4. The highest BCUT2D eigenvalue weighted by Gasteiger charge is 2.32. The van der Waals surface area contributed by atoms with E-state index in [0.717, 1.165) is 16.3 Å². The van der Waals surface area contributed by atoms with E-state index in [1.807, 2.05) is 32.2 Å². The molecule has 3 aromatic rings. The number of nitrogens with one attached hydrogen (secondary N) is 2. The first-order valence-corrected chi connectivity index (χ1v) is 8.94. The van der Waals surface area contributed by atoms with Crippen LogP contribution in [0.5, 0.6) is 0 Å². The molecule has 0 atom stereocenters. The fraction of sp³-hybridized carbons (Fsp3) is 0.333. The molecular weight excluding hydrogens is 361 g/mol. The van der Waals surface area contributed by atoms with Crippen LogP contribution >= 0.6 is 11.3 Å². The molecule has 2 N–H and O–H groups in total. The maximum Gasteiger partial charge on any atom is 0.416 e. The van der Waals surface area contributed by atoms with Crippen LogP contribution in [0, 0.1) is 0 Å². The van der Waals surface area contributed by atoms with E-state index in [1.165, 1.54) is 23.5 Å². The van der Waals surface area contributed by atoms with Crippen LogP contribution in [-0.4, -0.2) is 15.5 Å². The smallest absolute Gasteiger partial charge is 0.365 e. The van der Waals surface area contributed by atoms with Crippen LogP contribution in [0.15, 0.2) is 35.7 Å². The van der Waals surface area contributed by atoms with Gasteiger partial charge in [0.1, 0.15) is 5.82 Å². The number of hydrogen-bond donors (Lipinski definition) is 2. The van der Waals surface area contributed by atoms with E-state index in [2.05, 4.69) is 20.6 Å². The number of benzene rings is 1. The minimum Gasteiger partial charge on any atom is -0.365 e. The first-order valence-electron chi connectivity index (χ1n) is 8.06. The molecule has 2 aromatic heterocycles. The van der Waals surface area contributed by atoms with Gasteiger partial charge in [0.25, 0.3) is 0 Å². The molecule has 0 aliphatic carbocycles. The molecule has 0 unspecified atom stereocenters. The van der Waals surface area contributed by atoms with Gasteiger partial charge in [0.05, 0.1) is 15.8 Å². The SMILES string of the molecule is CC(C)(C)Nc1nc(NCc2ccccc2C(F)(F)F)c2sccc2n1. The van der Waals surface area contributed by atoms with Gasteiger partial charge in [-0.3, -0.25) is 0 Å². The lowest BCUT2D eigenvalue weighted by atomic mass is 10.1. The van der Waals surface area contributed by atoms with Gasteiger partial charge in [-0.25, -0.2) is 4.98 Å². The summed E-state index contributed by atoms with van der Waals surface area (Å²) in [6, 6.07) is 7.41. The van der Waals surface area contributed by atoms with E-state index in [0.29, 0.717) is 11.8 Å². The standard InChI is InChI=1S/C18H19F3N4S/c1-17(2,3)25-16-23-13-8-9-26-14(13)15(24-16)22-10-11-6-4-5-7-12(11)18(19,20)21/h4-9H,10H2,1-3H3,(H2,22,23,24,25). The van der Waals surface area contributed by atoms with Gasteiger partial charge in [0.2, 0.25) is 5.95 Å². The summed E-state index contributed by atoms with van der Waals surface area (Å²) in [5.41, 5.74) is 0.0538. The van der Waals surface area contributed by atoms with Gasteiger partial charge < -0.3 is 10.6 Å². The Morgan fingerprint density at radius 1 is 1.04 bits per heavy atom. The first kappa shape index (κ1) is 18.4. The topological polar surface area (TPSA) is 49.8 Å². The zero-order chi connectivity index (χ0) is 18.9. The highest BCUT2D eigenvalue weighted by atomic mass is 32.1. The highest BCUT2D eigenvalue weighted by molar-refractivity contribution is 7.17. The lowest BCUT2D eigenvalue weighted by molar-refractivity contribution is -0.138. The average molecular weight is 380 g/mol. The Labute approximate surface area is 153 Å². The molecule has 0 saturated heterocycles. The van der Waals surface area contributed by atoms with Crippen LogP contribution in [0.25, 0.3) is 10.2 Å². The largest absolute Gasteiger partial charge is 0.416 e. The van der Waals surface area contributed by atoms with Crippen molar-refractivity contribution in [3.63, 3.8) is 0 Å². The second-order valence-corrected chi connectivity index (χ2v) is 7.83. The summed E-state index contributed by atoms with van der Waals surface area (Å²) in [6.45, 7) is 5.98. The number of rotatable bonds is 4. The van der Waals surface area contributed by atoms with Gasteiger partial charge in [-0.05, 0) is 43.8 Å². The summed E-state index contributed by atoms with van der Waals surface area (Å²) in [4.78, 5) is 8.92. The Morgan fingerprint density at radius 3 is 2.46 bits per heavy atom.